The molecule has 11 unspecified atom stereocenters. The summed E-state index contributed by atoms with van der Waals surface area (Å²) in [6.45, 7) is -0.753. The molecule has 14 N–H and O–H groups in total. The van der Waals surface area contributed by atoms with E-state index in [-0.39, 0.29) is 5.57 Å². The molecule has 4 rings (SSSR count). The third-order valence-corrected chi connectivity index (χ3v) is 8.48. The fraction of sp³-hybridized carbons (Fsp3) is 0.920. The molecule has 0 spiro atoms. The van der Waals surface area contributed by atoms with Gasteiger partial charge in [-0.05, 0) is 12.5 Å². The number of aliphatic hydroxyl groups is 13. The van der Waals surface area contributed by atoms with Gasteiger partial charge in [-0.25, -0.2) is 0 Å². The van der Waals surface area contributed by atoms with Gasteiger partial charge in [0, 0.05) is 0 Å². The van der Waals surface area contributed by atoms with E-state index in [1.807, 2.05) is 0 Å². The fourth-order valence-corrected chi connectivity index (χ4v) is 5.81. The minimum atomic E-state index is -1.93. The minimum absolute atomic E-state index is 0.0225. The number of hydrogen-bond acceptors (Lipinski definition) is 19. The Labute approximate surface area is 250 Å². The maximum absolute atomic E-state index is 10.9. The van der Waals surface area contributed by atoms with Gasteiger partial charge in [-0.1, -0.05) is 6.08 Å². The first-order valence-electron chi connectivity index (χ1n) is 14.1. The second-order valence-electron chi connectivity index (χ2n) is 11.4. The standard InChI is InChI=1S/C25H43NO18/c1-6-11(26-8-2-7(3-27)12(30)15(33)13(8)31)14(32)19(37)24(40-6)43-22-10(5-29)42-25(20(38)17(22)35)44-21-9(4-28)41-23(39)18(36)16(21)34/h2,6,8-39H,3-5H2,1H3/t6?,8?,9?,10?,11-,12?,13?,14+,15?,16-,17-,18?,19?,20?,21-,22-,23?,24-,25-/m1/s1. The molecule has 256 valence electrons. The van der Waals surface area contributed by atoms with Gasteiger partial charge in [-0.2, -0.15) is 0 Å². The van der Waals surface area contributed by atoms with Crippen molar-refractivity contribution in [3.05, 3.63) is 11.6 Å². The summed E-state index contributed by atoms with van der Waals surface area (Å²) in [5.74, 6) is 0. The highest BCUT2D eigenvalue weighted by Crippen LogP contribution is 2.32. The Balaban J connectivity index is 1.42. The number of nitrogens with one attached hydrogen (secondary N) is 1. The molecule has 0 aromatic heterocycles. The molecule has 3 fully saturated rings. The van der Waals surface area contributed by atoms with E-state index in [1.165, 1.54) is 13.0 Å². The van der Waals surface area contributed by atoms with Gasteiger partial charge >= 0.3 is 0 Å². The highest BCUT2D eigenvalue weighted by molar-refractivity contribution is 5.22. The van der Waals surface area contributed by atoms with Crippen molar-refractivity contribution >= 4 is 0 Å². The normalized spacial score (nSPS) is 52.0. The van der Waals surface area contributed by atoms with E-state index in [2.05, 4.69) is 5.32 Å². The SMILES string of the molecule is CC1O[C@H](O[C@@H]2C(CO)O[C@H](O[C@@H]3C(CO)OC(O)C(O)[C@H]3O)C(O)[C@H]2O)C(O)[C@@H](O)[C@@H]1NC1C=C(CO)C(O)C(O)C1O. The first-order chi connectivity index (χ1) is 20.7. The molecule has 0 aromatic carbocycles. The van der Waals surface area contributed by atoms with Gasteiger partial charge in [0.15, 0.2) is 18.9 Å². The number of aliphatic hydroxyl groups excluding tert-OH is 13. The molecule has 0 aromatic rings. The van der Waals surface area contributed by atoms with Crippen LogP contribution in [0, 0.1) is 0 Å². The van der Waals surface area contributed by atoms with Gasteiger partial charge in [0.25, 0.3) is 0 Å². The molecule has 3 aliphatic heterocycles. The second kappa shape index (κ2) is 14.8. The zero-order valence-corrected chi connectivity index (χ0v) is 23.5. The van der Waals surface area contributed by atoms with Crippen molar-refractivity contribution in [1.82, 2.24) is 5.32 Å². The smallest absolute Gasteiger partial charge is 0.187 e. The molecule has 44 heavy (non-hydrogen) atoms. The summed E-state index contributed by atoms with van der Waals surface area (Å²) in [7, 11) is 0. The van der Waals surface area contributed by atoms with Crippen molar-refractivity contribution in [1.29, 1.82) is 0 Å². The molecule has 19 atom stereocenters. The summed E-state index contributed by atoms with van der Waals surface area (Å²) < 4.78 is 27.4. The first kappa shape index (κ1) is 35.8. The number of rotatable bonds is 9. The Morgan fingerprint density at radius 2 is 1.16 bits per heavy atom. The summed E-state index contributed by atoms with van der Waals surface area (Å²) >= 11 is 0. The first-order valence-corrected chi connectivity index (χ1v) is 14.1. The maximum atomic E-state index is 10.9. The molecule has 0 radical (unpaired) electrons. The molecular weight excluding hydrogens is 602 g/mol. The Hall–Kier alpha value is -1.02. The topological polar surface area (TPSA) is 321 Å². The van der Waals surface area contributed by atoms with Crippen LogP contribution in [0.15, 0.2) is 11.6 Å². The second-order valence-corrected chi connectivity index (χ2v) is 11.4. The van der Waals surface area contributed by atoms with Gasteiger partial charge in [-0.3, -0.25) is 0 Å². The van der Waals surface area contributed by atoms with Crippen LogP contribution < -0.4 is 5.32 Å². The van der Waals surface area contributed by atoms with Crippen molar-refractivity contribution in [2.24, 2.45) is 0 Å². The van der Waals surface area contributed by atoms with Crippen molar-refractivity contribution < 1.29 is 90.1 Å². The van der Waals surface area contributed by atoms with Gasteiger partial charge in [-0.15, -0.1) is 0 Å². The number of ether oxygens (including phenoxy) is 5. The molecule has 19 heteroatoms. The lowest BCUT2D eigenvalue weighted by atomic mass is 9.86. The van der Waals surface area contributed by atoms with Crippen LogP contribution in [0.5, 0.6) is 0 Å². The molecule has 0 bridgehead atoms. The third-order valence-electron chi connectivity index (χ3n) is 8.48. The van der Waals surface area contributed by atoms with Gasteiger partial charge in [0.1, 0.15) is 79.4 Å². The molecule has 4 aliphatic rings. The minimum Gasteiger partial charge on any atom is -0.394 e. The van der Waals surface area contributed by atoms with Gasteiger partial charge < -0.3 is 95.4 Å². The Bertz CT molecular complexity index is 958. The van der Waals surface area contributed by atoms with Crippen LogP contribution in [0.2, 0.25) is 0 Å². The summed E-state index contributed by atoms with van der Waals surface area (Å²) in [5.41, 5.74) is 0.0225. The molecule has 3 saturated heterocycles. The third kappa shape index (κ3) is 6.96. The predicted molar refractivity (Wildman–Crippen MR) is 138 cm³/mol. The molecule has 0 saturated carbocycles. The van der Waals surface area contributed by atoms with Crippen LogP contribution in [0.1, 0.15) is 6.92 Å². The maximum Gasteiger partial charge on any atom is 0.187 e. The van der Waals surface area contributed by atoms with E-state index in [9.17, 15) is 66.4 Å². The van der Waals surface area contributed by atoms with Crippen LogP contribution in [-0.2, 0) is 23.7 Å². The van der Waals surface area contributed by atoms with Crippen molar-refractivity contribution in [2.75, 3.05) is 19.8 Å². The fourth-order valence-electron chi connectivity index (χ4n) is 5.81. The van der Waals surface area contributed by atoms with Crippen LogP contribution in [-0.4, -0.2) is 203 Å². The van der Waals surface area contributed by atoms with Crippen molar-refractivity contribution in [2.45, 2.75) is 123 Å². The molecule has 19 nitrogen and oxygen atoms in total. The predicted octanol–water partition coefficient (Wildman–Crippen LogP) is -8.56. The summed E-state index contributed by atoms with van der Waals surface area (Å²) in [6, 6.07) is -2.17. The summed E-state index contributed by atoms with van der Waals surface area (Å²) in [6.07, 6.45) is -26.6. The van der Waals surface area contributed by atoms with Gasteiger partial charge in [0.2, 0.25) is 0 Å². The van der Waals surface area contributed by atoms with E-state index in [0.29, 0.717) is 0 Å². The van der Waals surface area contributed by atoms with E-state index in [4.69, 9.17) is 23.7 Å². The highest BCUT2D eigenvalue weighted by atomic mass is 16.7. The van der Waals surface area contributed by atoms with E-state index >= 15 is 0 Å². The lowest BCUT2D eigenvalue weighted by Crippen LogP contribution is -2.68. The lowest BCUT2D eigenvalue weighted by Gasteiger charge is -2.48. The largest absolute Gasteiger partial charge is 0.394 e. The lowest BCUT2D eigenvalue weighted by molar-refractivity contribution is -0.373. The van der Waals surface area contributed by atoms with Crippen LogP contribution >= 0.6 is 0 Å². The monoisotopic (exact) mass is 645 g/mol. The Morgan fingerprint density at radius 1 is 0.636 bits per heavy atom. The van der Waals surface area contributed by atoms with Crippen LogP contribution in [0.25, 0.3) is 0 Å². The number of hydrogen-bond donors (Lipinski definition) is 14. The quantitative estimate of drug-likeness (QED) is 0.103. The Morgan fingerprint density at radius 3 is 1.73 bits per heavy atom. The molecule has 3 heterocycles. The molecular formula is C25H43NO18. The molecule has 1 aliphatic carbocycles. The zero-order valence-electron chi connectivity index (χ0n) is 23.5. The molecule has 0 amide bonds. The van der Waals surface area contributed by atoms with E-state index in [0.717, 1.165) is 0 Å². The highest BCUT2D eigenvalue weighted by Gasteiger charge is 2.53. The van der Waals surface area contributed by atoms with Crippen molar-refractivity contribution in [3.63, 3.8) is 0 Å². The summed E-state index contributed by atoms with van der Waals surface area (Å²) in [4.78, 5) is 0. The van der Waals surface area contributed by atoms with Crippen LogP contribution in [0.4, 0.5) is 0 Å². The zero-order chi connectivity index (χ0) is 32.6. The Kier molecular flexibility index (Phi) is 12.1. The summed E-state index contributed by atoms with van der Waals surface area (Å²) in [5, 5.41) is 136. The van der Waals surface area contributed by atoms with Gasteiger partial charge in [0.05, 0.1) is 38.0 Å². The average Bonchev–Trinajstić information content (AvgIpc) is 3.00. The van der Waals surface area contributed by atoms with E-state index in [1.54, 1.807) is 0 Å². The van der Waals surface area contributed by atoms with Crippen LogP contribution in [0.3, 0.4) is 0 Å². The van der Waals surface area contributed by atoms with E-state index < -0.39 is 136 Å². The average molecular weight is 646 g/mol. The van der Waals surface area contributed by atoms with Crippen molar-refractivity contribution in [3.8, 4) is 0 Å².